The van der Waals surface area contributed by atoms with E-state index in [-0.39, 0.29) is 11.9 Å². The van der Waals surface area contributed by atoms with Crippen LogP contribution in [0.2, 0.25) is 0 Å². The highest BCUT2D eigenvalue weighted by Gasteiger charge is 2.20. The Labute approximate surface area is 217 Å². The summed E-state index contributed by atoms with van der Waals surface area (Å²) in [5.41, 5.74) is 0. The quantitative estimate of drug-likeness (QED) is 0.110. The van der Waals surface area contributed by atoms with Gasteiger partial charge < -0.3 is 9.47 Å². The molecule has 2 unspecified atom stereocenters. The van der Waals surface area contributed by atoms with Gasteiger partial charge in [-0.1, -0.05) is 13.2 Å². The smallest absolute Gasteiger partial charge is 0.330 e. The van der Waals surface area contributed by atoms with Gasteiger partial charge in [-0.2, -0.15) is 23.5 Å². The first-order valence-corrected chi connectivity index (χ1v) is 16.3. The molecule has 0 amide bonds. The third-order valence-electron chi connectivity index (χ3n) is 4.11. The van der Waals surface area contributed by atoms with Gasteiger partial charge in [0.1, 0.15) is 0 Å². The van der Waals surface area contributed by atoms with Crippen molar-refractivity contribution in [2.45, 2.75) is 34.8 Å². The molecular weight excluding hydrogens is 521 g/mol. The standard InChI is InChI=1S/C22H30O4S6/c1-3-19(23)25-9-5-7-17-13-29-21(31-17)15-27-11-12-28-16-22-30-14-18(32-22)8-6-10-26-20(24)4-2/h3-4,13-14,21-22H,1-2,5-12,15-16H2. The second-order valence-corrected chi connectivity index (χ2v) is 14.3. The molecular formula is C22H30O4S6. The summed E-state index contributed by atoms with van der Waals surface area (Å²) >= 11 is 11.8. The van der Waals surface area contributed by atoms with E-state index < -0.39 is 0 Å². The van der Waals surface area contributed by atoms with E-state index in [2.05, 4.69) is 24.0 Å². The first-order chi connectivity index (χ1) is 15.6. The highest BCUT2D eigenvalue weighted by molar-refractivity contribution is 8.24. The maximum Gasteiger partial charge on any atom is 0.330 e. The van der Waals surface area contributed by atoms with Gasteiger partial charge in [0.25, 0.3) is 0 Å². The third kappa shape index (κ3) is 12.5. The number of esters is 2. The number of carbonyl (C=O) groups excluding carboxylic acids is 2. The molecule has 0 fully saturated rings. The first-order valence-electron chi connectivity index (χ1n) is 10.4. The van der Waals surface area contributed by atoms with Crippen molar-refractivity contribution in [2.24, 2.45) is 0 Å². The van der Waals surface area contributed by atoms with Crippen LogP contribution in [-0.4, -0.2) is 57.3 Å². The molecule has 178 valence electrons. The Balaban J connectivity index is 1.39. The van der Waals surface area contributed by atoms with E-state index >= 15 is 0 Å². The molecule has 2 aliphatic rings. The van der Waals surface area contributed by atoms with E-state index in [1.54, 1.807) is 0 Å². The Kier molecular flexibility index (Phi) is 15.4. The van der Waals surface area contributed by atoms with E-state index in [9.17, 15) is 9.59 Å². The predicted molar refractivity (Wildman–Crippen MR) is 150 cm³/mol. The van der Waals surface area contributed by atoms with Crippen LogP contribution < -0.4 is 0 Å². The molecule has 2 rings (SSSR count). The zero-order valence-corrected chi connectivity index (χ0v) is 22.9. The Morgan fingerprint density at radius 3 is 1.69 bits per heavy atom. The van der Waals surface area contributed by atoms with Gasteiger partial charge in [0, 0.05) is 35.2 Å². The van der Waals surface area contributed by atoms with Crippen LogP contribution >= 0.6 is 70.6 Å². The molecule has 0 spiro atoms. The van der Waals surface area contributed by atoms with Crippen LogP contribution in [-0.2, 0) is 19.1 Å². The van der Waals surface area contributed by atoms with E-state index in [0.717, 1.165) is 37.2 Å². The highest BCUT2D eigenvalue weighted by Crippen LogP contribution is 2.44. The van der Waals surface area contributed by atoms with Crippen LogP contribution in [0, 0.1) is 0 Å². The summed E-state index contributed by atoms with van der Waals surface area (Å²) in [5, 5.41) is 4.53. The van der Waals surface area contributed by atoms with Gasteiger partial charge in [0.2, 0.25) is 0 Å². The van der Waals surface area contributed by atoms with E-state index in [1.807, 2.05) is 70.6 Å². The summed E-state index contributed by atoms with van der Waals surface area (Å²) in [4.78, 5) is 24.9. The largest absolute Gasteiger partial charge is 0.463 e. The van der Waals surface area contributed by atoms with Crippen LogP contribution in [0.4, 0.5) is 0 Å². The maximum absolute atomic E-state index is 11.0. The molecule has 0 aromatic rings. The summed E-state index contributed by atoms with van der Waals surface area (Å²) in [6.45, 7) is 7.72. The van der Waals surface area contributed by atoms with Crippen molar-refractivity contribution in [3.8, 4) is 0 Å². The van der Waals surface area contributed by atoms with Crippen LogP contribution in [0.3, 0.4) is 0 Å². The highest BCUT2D eigenvalue weighted by atomic mass is 32.2. The van der Waals surface area contributed by atoms with Crippen molar-refractivity contribution in [1.82, 2.24) is 0 Å². The zero-order chi connectivity index (χ0) is 23.0. The van der Waals surface area contributed by atoms with Crippen LogP contribution in [0.25, 0.3) is 0 Å². The topological polar surface area (TPSA) is 52.6 Å². The second kappa shape index (κ2) is 17.4. The number of thioether (sulfide) groups is 6. The molecule has 0 aliphatic carbocycles. The van der Waals surface area contributed by atoms with Crippen LogP contribution in [0.1, 0.15) is 25.7 Å². The average Bonchev–Trinajstić information content (AvgIpc) is 3.45. The van der Waals surface area contributed by atoms with Gasteiger partial charge in [0.05, 0.1) is 22.4 Å². The molecule has 0 saturated carbocycles. The molecule has 0 N–H and O–H groups in total. The lowest BCUT2D eigenvalue weighted by Gasteiger charge is -2.10. The van der Waals surface area contributed by atoms with Crippen LogP contribution in [0.5, 0.6) is 0 Å². The van der Waals surface area contributed by atoms with Crippen molar-refractivity contribution >= 4 is 82.5 Å². The van der Waals surface area contributed by atoms with Gasteiger partial charge in [0.15, 0.2) is 0 Å². The number of ether oxygens (including phenoxy) is 2. The van der Waals surface area contributed by atoms with Gasteiger partial charge in [-0.15, -0.1) is 47.0 Å². The number of allylic oxidation sites excluding steroid dienone is 2. The Morgan fingerprint density at radius 2 is 1.28 bits per heavy atom. The summed E-state index contributed by atoms with van der Waals surface area (Å²) in [7, 11) is 0. The maximum atomic E-state index is 11.0. The molecule has 0 bridgehead atoms. The molecule has 2 heterocycles. The number of hydrogen-bond acceptors (Lipinski definition) is 10. The summed E-state index contributed by atoms with van der Waals surface area (Å²) in [6, 6.07) is 0. The molecule has 32 heavy (non-hydrogen) atoms. The van der Waals surface area contributed by atoms with Crippen molar-refractivity contribution in [3.63, 3.8) is 0 Å². The monoisotopic (exact) mass is 550 g/mol. The van der Waals surface area contributed by atoms with E-state index in [4.69, 9.17) is 9.47 Å². The molecule has 2 aliphatic heterocycles. The summed E-state index contributed by atoms with van der Waals surface area (Å²) in [5.74, 6) is 4.01. The Hall–Kier alpha value is -0.000000000000000222. The molecule has 0 aromatic carbocycles. The number of rotatable bonds is 17. The summed E-state index contributed by atoms with van der Waals surface area (Å²) < 4.78 is 11.3. The lowest BCUT2D eigenvalue weighted by molar-refractivity contribution is -0.138. The molecule has 10 heteroatoms. The molecule has 2 atom stereocenters. The molecule has 0 aromatic heterocycles. The third-order valence-corrected chi connectivity index (χ3v) is 12.8. The minimum atomic E-state index is -0.342. The zero-order valence-electron chi connectivity index (χ0n) is 18.0. The SMILES string of the molecule is C=CC(=O)OCCCC1=CSC(CSCCSCC2SC=C(CCCOC(=O)C=C)S2)S1. The predicted octanol–water partition coefficient (Wildman–Crippen LogP) is 6.77. The van der Waals surface area contributed by atoms with Crippen molar-refractivity contribution < 1.29 is 19.1 Å². The van der Waals surface area contributed by atoms with Crippen molar-refractivity contribution in [2.75, 3.05) is 36.2 Å². The summed E-state index contributed by atoms with van der Waals surface area (Å²) in [6.07, 6.45) is 6.11. The average molecular weight is 551 g/mol. The van der Waals surface area contributed by atoms with E-state index in [1.165, 1.54) is 33.5 Å². The van der Waals surface area contributed by atoms with Crippen molar-refractivity contribution in [3.05, 3.63) is 45.9 Å². The van der Waals surface area contributed by atoms with Gasteiger partial charge in [-0.05, 0) is 46.3 Å². The van der Waals surface area contributed by atoms with Gasteiger partial charge in [-0.3, -0.25) is 0 Å². The van der Waals surface area contributed by atoms with Gasteiger partial charge in [-0.25, -0.2) is 9.59 Å². The first kappa shape index (κ1) is 28.2. The van der Waals surface area contributed by atoms with Gasteiger partial charge >= 0.3 is 11.9 Å². The molecule has 0 radical (unpaired) electrons. The fourth-order valence-electron chi connectivity index (χ4n) is 2.57. The number of hydrogen-bond donors (Lipinski definition) is 0. The minimum Gasteiger partial charge on any atom is -0.463 e. The second-order valence-electron chi connectivity index (χ2n) is 6.64. The fraction of sp³-hybridized carbons (Fsp3) is 0.545. The lowest BCUT2D eigenvalue weighted by Crippen LogP contribution is -2.02. The minimum absolute atomic E-state index is 0.342. The molecule has 0 saturated heterocycles. The van der Waals surface area contributed by atoms with Crippen molar-refractivity contribution in [1.29, 1.82) is 0 Å². The number of carbonyl (C=O) groups is 2. The fourth-order valence-corrected chi connectivity index (χ4v) is 10.9. The molecule has 4 nitrogen and oxygen atoms in total. The lowest BCUT2D eigenvalue weighted by atomic mass is 10.3. The normalized spacial score (nSPS) is 19.9. The Morgan fingerprint density at radius 1 is 0.844 bits per heavy atom. The Bertz CT molecular complexity index is 636. The van der Waals surface area contributed by atoms with E-state index in [0.29, 0.717) is 22.4 Å². The van der Waals surface area contributed by atoms with Crippen LogP contribution in [0.15, 0.2) is 45.9 Å².